The molecular formula is C33H49F2N5. The lowest BCUT2D eigenvalue weighted by molar-refractivity contribution is -0.0443. The first-order chi connectivity index (χ1) is 19.2. The summed E-state index contributed by atoms with van der Waals surface area (Å²) >= 11 is 0. The van der Waals surface area contributed by atoms with Crippen molar-refractivity contribution in [2.75, 3.05) is 11.9 Å². The number of hydrogen-bond donors (Lipinski definition) is 1. The van der Waals surface area contributed by atoms with Gasteiger partial charge >= 0.3 is 0 Å². The maximum absolute atomic E-state index is 13.3. The molecule has 5 nitrogen and oxygen atoms in total. The third kappa shape index (κ3) is 10.1. The van der Waals surface area contributed by atoms with Gasteiger partial charge in [-0.15, -0.1) is 6.58 Å². The molecule has 0 amide bonds. The zero-order chi connectivity index (χ0) is 29.5. The molecule has 0 aliphatic heterocycles. The van der Waals surface area contributed by atoms with Gasteiger partial charge in [-0.3, -0.25) is 0 Å². The molecule has 1 aliphatic carbocycles. The minimum Gasteiger partial charge on any atom is -0.354 e. The van der Waals surface area contributed by atoms with Crippen molar-refractivity contribution >= 4 is 17.0 Å². The van der Waals surface area contributed by atoms with E-state index >= 15 is 0 Å². The van der Waals surface area contributed by atoms with Gasteiger partial charge in [0.25, 0.3) is 0 Å². The van der Waals surface area contributed by atoms with Crippen LogP contribution in [0.5, 0.6) is 0 Å². The fraction of sp³-hybridized carbons (Fsp3) is 0.545. The van der Waals surface area contributed by atoms with Gasteiger partial charge in [-0.05, 0) is 75.3 Å². The number of aryl methyl sites for hydroxylation is 2. The smallest absolute Gasteiger partial charge is 0.248 e. The molecule has 0 radical (unpaired) electrons. The van der Waals surface area contributed by atoms with Crippen molar-refractivity contribution in [2.45, 2.75) is 105 Å². The van der Waals surface area contributed by atoms with E-state index in [1.54, 1.807) is 6.08 Å². The summed E-state index contributed by atoms with van der Waals surface area (Å²) in [6.45, 7) is 16.4. The summed E-state index contributed by atoms with van der Waals surface area (Å²) in [5.41, 5.74) is 6.20. The number of hydrogen-bond acceptors (Lipinski definition) is 4. The van der Waals surface area contributed by atoms with Crippen LogP contribution in [0.2, 0.25) is 0 Å². The Morgan fingerprint density at radius 1 is 1.10 bits per heavy atom. The number of pyridine rings is 1. The Labute approximate surface area is 240 Å². The lowest BCUT2D eigenvalue weighted by Crippen LogP contribution is -2.28. The predicted octanol–water partition coefficient (Wildman–Crippen LogP) is 9.60. The van der Waals surface area contributed by atoms with Gasteiger partial charge in [0.05, 0.1) is 17.4 Å². The molecule has 0 atom stereocenters. The third-order valence-corrected chi connectivity index (χ3v) is 7.18. The van der Waals surface area contributed by atoms with Crippen LogP contribution < -0.4 is 5.32 Å². The van der Waals surface area contributed by atoms with Gasteiger partial charge in [0, 0.05) is 37.3 Å². The zero-order valence-electron chi connectivity index (χ0n) is 25.4. The number of fused-ring (bicyclic) bond motifs is 1. The van der Waals surface area contributed by atoms with E-state index in [0.29, 0.717) is 25.3 Å². The monoisotopic (exact) mass is 553 g/mol. The SMILES string of the molecule is C/C=C(/c1ccn2ncc(C)c2c1)c1cnc(NCC2CCC(F)(F)CC2)nc1C.C=CC.CCCCCCC. The van der Waals surface area contributed by atoms with Gasteiger partial charge in [-0.1, -0.05) is 58.1 Å². The van der Waals surface area contributed by atoms with E-state index in [9.17, 15) is 8.78 Å². The maximum Gasteiger partial charge on any atom is 0.248 e. The van der Waals surface area contributed by atoms with Crippen LogP contribution in [0.3, 0.4) is 0 Å². The summed E-state index contributed by atoms with van der Waals surface area (Å²) in [5.74, 6) is -1.71. The Morgan fingerprint density at radius 3 is 2.33 bits per heavy atom. The molecule has 1 saturated carbocycles. The van der Waals surface area contributed by atoms with Crippen LogP contribution in [0, 0.1) is 19.8 Å². The van der Waals surface area contributed by atoms with E-state index in [4.69, 9.17) is 0 Å². The molecule has 0 aromatic carbocycles. The molecule has 1 aliphatic rings. The number of nitrogens with one attached hydrogen (secondary N) is 1. The molecule has 0 saturated heterocycles. The number of anilines is 1. The van der Waals surface area contributed by atoms with Crippen LogP contribution in [0.15, 0.2) is 49.5 Å². The average Bonchev–Trinajstić information content (AvgIpc) is 3.31. The summed E-state index contributed by atoms with van der Waals surface area (Å²) in [4.78, 5) is 9.11. The Morgan fingerprint density at radius 2 is 1.75 bits per heavy atom. The summed E-state index contributed by atoms with van der Waals surface area (Å²) < 4.78 is 28.5. The molecule has 0 bridgehead atoms. The van der Waals surface area contributed by atoms with Crippen LogP contribution in [-0.2, 0) is 0 Å². The lowest BCUT2D eigenvalue weighted by Gasteiger charge is -2.28. The van der Waals surface area contributed by atoms with Gasteiger partial charge in [0.2, 0.25) is 11.9 Å². The minimum atomic E-state index is -2.49. The number of rotatable bonds is 9. The fourth-order valence-corrected chi connectivity index (χ4v) is 4.78. The molecule has 1 N–H and O–H groups in total. The molecule has 40 heavy (non-hydrogen) atoms. The molecule has 1 fully saturated rings. The second kappa shape index (κ2) is 16.9. The van der Waals surface area contributed by atoms with Gasteiger partial charge in [0.1, 0.15) is 0 Å². The van der Waals surface area contributed by atoms with Gasteiger partial charge < -0.3 is 5.32 Å². The van der Waals surface area contributed by atoms with E-state index in [2.05, 4.69) is 53.0 Å². The molecular weight excluding hydrogens is 504 g/mol. The predicted molar refractivity (Wildman–Crippen MR) is 165 cm³/mol. The standard InChI is InChI=1S/C23H27F2N5.C7H16.C3H6/c1-4-19(18-7-10-30-21(11-18)15(2)12-28-30)20-14-27-22(29-16(20)3)26-13-17-5-8-23(24,25)9-6-17;1-3-5-7-6-4-2;1-3-2/h4,7,10-12,14,17H,5-6,8-9,13H2,1-3H3,(H,26,27,29);3-7H2,1-2H3;3H,1H2,2H3/b19-4-;;. The second-order valence-corrected chi connectivity index (χ2v) is 10.6. The van der Waals surface area contributed by atoms with Gasteiger partial charge in [-0.2, -0.15) is 5.10 Å². The molecule has 3 aromatic rings. The van der Waals surface area contributed by atoms with Crippen LogP contribution in [0.25, 0.3) is 11.1 Å². The molecule has 0 unspecified atom stereocenters. The summed E-state index contributed by atoms with van der Waals surface area (Å²) in [6, 6.07) is 4.17. The normalized spacial score (nSPS) is 15.1. The summed E-state index contributed by atoms with van der Waals surface area (Å²) in [5, 5.41) is 7.57. The first-order valence-corrected chi connectivity index (χ1v) is 14.8. The minimum absolute atomic E-state index is 0.0240. The number of nitrogens with zero attached hydrogens (tertiary/aromatic N) is 4. The van der Waals surface area contributed by atoms with Crippen molar-refractivity contribution in [3.63, 3.8) is 0 Å². The number of allylic oxidation sites excluding steroid dienone is 2. The highest BCUT2D eigenvalue weighted by Crippen LogP contribution is 2.36. The Hall–Kier alpha value is -3.09. The van der Waals surface area contributed by atoms with E-state index < -0.39 is 5.92 Å². The Bertz CT molecular complexity index is 1200. The molecule has 0 spiro atoms. The first-order valence-electron chi connectivity index (χ1n) is 14.8. The highest BCUT2D eigenvalue weighted by atomic mass is 19.3. The molecule has 3 heterocycles. The van der Waals surface area contributed by atoms with Crippen LogP contribution in [-0.4, -0.2) is 32.0 Å². The fourth-order valence-electron chi connectivity index (χ4n) is 4.78. The Balaban J connectivity index is 0.000000483. The van der Waals surface area contributed by atoms with Crippen molar-refractivity contribution in [1.82, 2.24) is 19.6 Å². The van der Waals surface area contributed by atoms with Crippen molar-refractivity contribution in [1.29, 1.82) is 0 Å². The second-order valence-electron chi connectivity index (χ2n) is 10.6. The largest absolute Gasteiger partial charge is 0.354 e. The number of alkyl halides is 2. The number of unbranched alkanes of at least 4 members (excludes halogenated alkanes) is 4. The quantitative estimate of drug-likeness (QED) is 0.212. The zero-order valence-corrected chi connectivity index (χ0v) is 25.4. The summed E-state index contributed by atoms with van der Waals surface area (Å²) in [7, 11) is 0. The van der Waals surface area contributed by atoms with Crippen molar-refractivity contribution < 1.29 is 8.78 Å². The van der Waals surface area contributed by atoms with E-state index in [0.717, 1.165) is 33.5 Å². The molecule has 3 aromatic heterocycles. The average molecular weight is 554 g/mol. The maximum atomic E-state index is 13.3. The lowest BCUT2D eigenvalue weighted by atomic mass is 9.87. The molecule has 7 heteroatoms. The van der Waals surface area contributed by atoms with Crippen molar-refractivity contribution in [3.05, 3.63) is 71.8 Å². The van der Waals surface area contributed by atoms with E-state index in [-0.39, 0.29) is 18.8 Å². The summed E-state index contributed by atoms with van der Waals surface area (Å²) in [6.07, 6.45) is 17.5. The topological polar surface area (TPSA) is 55.1 Å². The van der Waals surface area contributed by atoms with Gasteiger partial charge in [-0.25, -0.2) is 23.3 Å². The van der Waals surface area contributed by atoms with Gasteiger partial charge in [0.15, 0.2) is 0 Å². The first kappa shape index (κ1) is 33.1. The van der Waals surface area contributed by atoms with E-state index in [1.807, 2.05) is 56.9 Å². The van der Waals surface area contributed by atoms with Crippen molar-refractivity contribution in [3.8, 4) is 0 Å². The van der Waals surface area contributed by atoms with Crippen molar-refractivity contribution in [2.24, 2.45) is 5.92 Å². The number of aromatic nitrogens is 4. The molecule has 220 valence electrons. The highest BCUT2D eigenvalue weighted by molar-refractivity contribution is 5.82. The third-order valence-electron chi connectivity index (χ3n) is 7.18. The molecule has 4 rings (SSSR count). The van der Waals surface area contributed by atoms with Crippen LogP contribution in [0.4, 0.5) is 14.7 Å². The highest BCUT2D eigenvalue weighted by Gasteiger charge is 2.34. The van der Waals surface area contributed by atoms with Crippen LogP contribution in [0.1, 0.15) is 108 Å². The van der Waals surface area contributed by atoms with Crippen LogP contribution >= 0.6 is 0 Å². The van der Waals surface area contributed by atoms with E-state index in [1.165, 1.54) is 32.1 Å². The Kier molecular flexibility index (Phi) is 14.0. The number of halogens is 2.